The normalized spacial score (nSPS) is 10.3. The summed E-state index contributed by atoms with van der Waals surface area (Å²) in [6, 6.07) is 47.3. The zero-order valence-electron chi connectivity index (χ0n) is 25.0. The van der Waals surface area contributed by atoms with Gasteiger partial charge in [0.05, 0.1) is 11.4 Å². The lowest BCUT2D eigenvalue weighted by atomic mass is 10.0. The molecule has 0 saturated carbocycles. The van der Waals surface area contributed by atoms with E-state index in [9.17, 15) is 0 Å². The molecule has 4 nitrogen and oxygen atoms in total. The maximum absolute atomic E-state index is 2.30. The van der Waals surface area contributed by atoms with Gasteiger partial charge in [0, 0.05) is 60.9 Å². The molecule has 0 bridgehead atoms. The van der Waals surface area contributed by atoms with E-state index in [1.54, 1.807) is 0 Å². The number of aromatic nitrogens is 2. The smallest absolute Gasteiger partial charge is 0.173 e. The SMILES string of the molecule is CN(c1ccccc1)c1cc[n+](Cc2cccc(-c3cccc(C[n+]4ccc(N(C)c5ccccc5)cc4)c3)c2)cc1.[Br-].[Br-]. The third-order valence-electron chi connectivity index (χ3n) is 7.73. The molecule has 6 rings (SSSR count). The minimum atomic E-state index is 0. The van der Waals surface area contributed by atoms with Crippen LogP contribution in [-0.2, 0) is 13.1 Å². The van der Waals surface area contributed by atoms with Gasteiger partial charge in [-0.1, -0.05) is 72.8 Å². The van der Waals surface area contributed by atoms with Crippen molar-refractivity contribution in [1.29, 1.82) is 0 Å². The van der Waals surface area contributed by atoms with E-state index in [0.717, 1.165) is 13.1 Å². The number of pyridine rings is 2. The maximum atomic E-state index is 2.30. The number of anilines is 4. The molecule has 0 aliphatic carbocycles. The zero-order valence-corrected chi connectivity index (χ0v) is 28.1. The van der Waals surface area contributed by atoms with Gasteiger partial charge in [0.25, 0.3) is 0 Å². The number of rotatable bonds is 9. The first-order valence-electron chi connectivity index (χ1n) is 14.4. The van der Waals surface area contributed by atoms with E-state index in [-0.39, 0.29) is 34.0 Å². The van der Waals surface area contributed by atoms with Crippen molar-refractivity contribution in [2.75, 3.05) is 23.9 Å². The van der Waals surface area contributed by atoms with Gasteiger partial charge < -0.3 is 43.8 Å². The van der Waals surface area contributed by atoms with Crippen molar-refractivity contribution in [3.8, 4) is 11.1 Å². The van der Waals surface area contributed by atoms with Crippen LogP contribution in [0.1, 0.15) is 11.1 Å². The number of hydrogen-bond acceptors (Lipinski definition) is 2. The van der Waals surface area contributed by atoms with Crippen LogP contribution in [0.25, 0.3) is 11.1 Å². The van der Waals surface area contributed by atoms with E-state index in [2.05, 4.69) is 179 Å². The van der Waals surface area contributed by atoms with E-state index < -0.39 is 0 Å². The van der Waals surface area contributed by atoms with Crippen molar-refractivity contribution in [3.05, 3.63) is 169 Å². The second-order valence-corrected chi connectivity index (χ2v) is 10.6. The number of nitrogens with zero attached hydrogens (tertiary/aromatic N) is 4. The Morgan fingerprint density at radius 2 is 0.750 bits per heavy atom. The predicted molar refractivity (Wildman–Crippen MR) is 172 cm³/mol. The second kappa shape index (κ2) is 15.5. The number of halogens is 2. The standard InChI is InChI=1S/C38H36N4.2BrH/c1-39(35-15-5-3-6-16-35)37-19-23-41(24-20-37)29-31-11-9-13-33(27-31)34-14-10-12-32(28-34)30-42-25-21-38(22-26-42)40(2)36-17-7-4-8-18-36;;/h3-28H,29-30H2,1-2H3;2*1H/q+2;;/p-2. The molecule has 0 radical (unpaired) electrons. The van der Waals surface area contributed by atoms with E-state index in [1.807, 2.05) is 12.1 Å². The molecule has 44 heavy (non-hydrogen) atoms. The van der Waals surface area contributed by atoms with Crippen molar-refractivity contribution in [3.63, 3.8) is 0 Å². The van der Waals surface area contributed by atoms with Gasteiger partial charge in [0.1, 0.15) is 0 Å². The summed E-state index contributed by atoms with van der Waals surface area (Å²) in [5, 5.41) is 0. The summed E-state index contributed by atoms with van der Waals surface area (Å²) >= 11 is 0. The summed E-state index contributed by atoms with van der Waals surface area (Å²) in [6.07, 6.45) is 8.62. The summed E-state index contributed by atoms with van der Waals surface area (Å²) in [5.41, 5.74) is 9.71. The summed E-state index contributed by atoms with van der Waals surface area (Å²) in [4.78, 5) is 4.40. The van der Waals surface area contributed by atoms with Gasteiger partial charge in [-0.3, -0.25) is 0 Å². The Bertz CT molecular complexity index is 1610. The molecule has 0 fully saturated rings. The van der Waals surface area contributed by atoms with Crippen LogP contribution in [0.4, 0.5) is 22.7 Å². The van der Waals surface area contributed by atoms with E-state index in [1.165, 1.54) is 45.0 Å². The molecule has 0 atom stereocenters. The Morgan fingerprint density at radius 1 is 0.409 bits per heavy atom. The number of para-hydroxylation sites is 2. The summed E-state index contributed by atoms with van der Waals surface area (Å²) in [5.74, 6) is 0. The molecule has 222 valence electrons. The summed E-state index contributed by atoms with van der Waals surface area (Å²) in [7, 11) is 4.20. The number of hydrogen-bond donors (Lipinski definition) is 0. The molecule has 2 heterocycles. The second-order valence-electron chi connectivity index (χ2n) is 10.6. The van der Waals surface area contributed by atoms with Crippen LogP contribution in [0.3, 0.4) is 0 Å². The van der Waals surface area contributed by atoms with Gasteiger partial charge >= 0.3 is 0 Å². The van der Waals surface area contributed by atoms with Gasteiger partial charge in [0.15, 0.2) is 37.9 Å². The maximum Gasteiger partial charge on any atom is 0.173 e. The van der Waals surface area contributed by atoms with Crippen molar-refractivity contribution in [2.45, 2.75) is 13.1 Å². The van der Waals surface area contributed by atoms with E-state index in [4.69, 9.17) is 0 Å². The highest BCUT2D eigenvalue weighted by molar-refractivity contribution is 5.65. The van der Waals surface area contributed by atoms with Crippen molar-refractivity contribution >= 4 is 22.7 Å². The molecule has 0 spiro atoms. The van der Waals surface area contributed by atoms with Crippen molar-refractivity contribution < 1.29 is 43.1 Å². The topological polar surface area (TPSA) is 14.2 Å². The van der Waals surface area contributed by atoms with Crippen LogP contribution < -0.4 is 52.9 Å². The Balaban J connectivity index is 0.00000221. The first-order valence-corrected chi connectivity index (χ1v) is 14.4. The Labute approximate surface area is 282 Å². The first kappa shape index (κ1) is 32.6. The molecule has 6 aromatic rings. The zero-order chi connectivity index (χ0) is 28.7. The molecular weight excluding hydrogens is 672 g/mol. The van der Waals surface area contributed by atoms with Gasteiger partial charge in [-0.25, -0.2) is 9.13 Å². The van der Waals surface area contributed by atoms with Crippen LogP contribution in [0.5, 0.6) is 0 Å². The van der Waals surface area contributed by atoms with E-state index >= 15 is 0 Å². The molecule has 0 aliphatic rings. The van der Waals surface area contributed by atoms with Crippen LogP contribution in [0.2, 0.25) is 0 Å². The monoisotopic (exact) mass is 706 g/mol. The third kappa shape index (κ3) is 8.01. The van der Waals surface area contributed by atoms with E-state index in [0.29, 0.717) is 0 Å². The lowest BCUT2D eigenvalue weighted by molar-refractivity contribution is -0.688. The van der Waals surface area contributed by atoms with Gasteiger partial charge in [0.2, 0.25) is 0 Å². The number of benzene rings is 4. The molecule has 4 aromatic carbocycles. The minimum Gasteiger partial charge on any atom is -1.00 e. The highest BCUT2D eigenvalue weighted by Crippen LogP contribution is 2.24. The predicted octanol–water partition coefficient (Wildman–Crippen LogP) is 1.57. The van der Waals surface area contributed by atoms with Crippen molar-refractivity contribution in [2.24, 2.45) is 0 Å². The van der Waals surface area contributed by atoms with Crippen LogP contribution in [0, 0.1) is 0 Å². The quantitative estimate of drug-likeness (QED) is 0.212. The molecule has 6 heteroatoms. The van der Waals surface area contributed by atoms with Gasteiger partial charge in [-0.2, -0.15) is 0 Å². The van der Waals surface area contributed by atoms with Crippen LogP contribution in [-0.4, -0.2) is 14.1 Å². The highest BCUT2D eigenvalue weighted by Gasteiger charge is 2.11. The molecule has 0 unspecified atom stereocenters. The van der Waals surface area contributed by atoms with Crippen molar-refractivity contribution in [1.82, 2.24) is 0 Å². The Hall–Kier alpha value is -4.26. The fourth-order valence-corrected chi connectivity index (χ4v) is 5.28. The van der Waals surface area contributed by atoms with Gasteiger partial charge in [-0.15, -0.1) is 0 Å². The molecule has 0 saturated heterocycles. The molecular formula is C38H36Br2N4. The fourth-order valence-electron chi connectivity index (χ4n) is 5.28. The fraction of sp³-hybridized carbons (Fsp3) is 0.105. The lowest BCUT2D eigenvalue weighted by Crippen LogP contribution is -3.00. The average Bonchev–Trinajstić information content (AvgIpc) is 3.06. The summed E-state index contributed by atoms with van der Waals surface area (Å²) < 4.78 is 4.46. The van der Waals surface area contributed by atoms with Gasteiger partial charge in [-0.05, 0) is 47.5 Å². The molecule has 2 aromatic heterocycles. The lowest BCUT2D eigenvalue weighted by Gasteiger charge is -2.18. The molecule has 0 aliphatic heterocycles. The summed E-state index contributed by atoms with van der Waals surface area (Å²) in [6.45, 7) is 1.64. The molecule has 0 amide bonds. The molecule has 0 N–H and O–H groups in total. The largest absolute Gasteiger partial charge is 1.00 e. The minimum absolute atomic E-state index is 0. The Morgan fingerprint density at radius 3 is 1.11 bits per heavy atom. The highest BCUT2D eigenvalue weighted by atomic mass is 79.9. The third-order valence-corrected chi connectivity index (χ3v) is 7.73. The van der Waals surface area contributed by atoms with Crippen LogP contribution >= 0.6 is 0 Å². The van der Waals surface area contributed by atoms with Crippen LogP contribution in [0.15, 0.2) is 158 Å². The first-order chi connectivity index (χ1) is 20.6. The Kier molecular flexibility index (Phi) is 11.5. The average molecular weight is 709 g/mol.